The summed E-state index contributed by atoms with van der Waals surface area (Å²) in [5, 5.41) is 13.0. The zero-order valence-corrected chi connectivity index (χ0v) is 15.8. The molecule has 144 valence electrons. The number of aromatic nitrogens is 2. The summed E-state index contributed by atoms with van der Waals surface area (Å²) in [4.78, 5) is 22.9. The van der Waals surface area contributed by atoms with E-state index in [-0.39, 0.29) is 17.9 Å². The second-order valence-corrected chi connectivity index (χ2v) is 7.18. The fourth-order valence-corrected chi connectivity index (χ4v) is 3.03. The molecule has 2 N–H and O–H groups in total. The zero-order valence-electron chi connectivity index (χ0n) is 15.8. The lowest BCUT2D eigenvalue weighted by Crippen LogP contribution is -2.45. The molecule has 1 aliphatic heterocycles. The Morgan fingerprint density at radius 2 is 2.04 bits per heavy atom. The van der Waals surface area contributed by atoms with Crippen LogP contribution in [0.5, 0.6) is 5.75 Å². The quantitative estimate of drug-likeness (QED) is 0.840. The summed E-state index contributed by atoms with van der Waals surface area (Å²) in [6.07, 6.45) is 4.67. The molecule has 1 aromatic carbocycles. The standard InChI is InChI=1S/C20H26N4O3/c1-14(2)13-27-20(26)22-15-7-9-24(10-8-15)19-12-21-11-17(23-19)16-5-3-4-6-18(16)25/h3-6,11-12,14-15,25H,7-10,13H2,1-2H3,(H,22,26). The van der Waals surface area contributed by atoms with Crippen molar-refractivity contribution in [3.63, 3.8) is 0 Å². The molecule has 1 fully saturated rings. The summed E-state index contributed by atoms with van der Waals surface area (Å²) >= 11 is 0. The number of rotatable bonds is 5. The predicted molar refractivity (Wildman–Crippen MR) is 104 cm³/mol. The molecule has 1 aliphatic rings. The van der Waals surface area contributed by atoms with E-state index in [4.69, 9.17) is 4.74 Å². The fraction of sp³-hybridized carbons (Fsp3) is 0.450. The number of alkyl carbamates (subject to hydrolysis) is 1. The van der Waals surface area contributed by atoms with E-state index in [1.165, 1.54) is 0 Å². The molecule has 0 atom stereocenters. The number of ether oxygens (including phenoxy) is 1. The number of carbonyl (C=O) groups excluding carboxylic acids is 1. The van der Waals surface area contributed by atoms with Gasteiger partial charge >= 0.3 is 6.09 Å². The third-order valence-electron chi connectivity index (χ3n) is 4.49. The third-order valence-corrected chi connectivity index (χ3v) is 4.49. The summed E-state index contributed by atoms with van der Waals surface area (Å²) in [6.45, 7) is 5.99. The maximum absolute atomic E-state index is 11.8. The number of nitrogens with one attached hydrogen (secondary N) is 1. The largest absolute Gasteiger partial charge is 0.507 e. The summed E-state index contributed by atoms with van der Waals surface area (Å²) in [5.41, 5.74) is 1.31. The molecule has 2 heterocycles. The Morgan fingerprint density at radius 3 is 2.74 bits per heavy atom. The van der Waals surface area contributed by atoms with Crippen LogP contribution in [0.4, 0.5) is 10.6 Å². The number of nitrogens with zero attached hydrogens (tertiary/aromatic N) is 3. The van der Waals surface area contributed by atoms with Crippen molar-refractivity contribution in [1.29, 1.82) is 0 Å². The molecule has 2 aromatic rings. The van der Waals surface area contributed by atoms with Gasteiger partial charge in [0.05, 0.1) is 24.7 Å². The SMILES string of the molecule is CC(C)COC(=O)NC1CCN(c2cncc(-c3ccccc3O)n2)CC1. The average molecular weight is 370 g/mol. The van der Waals surface area contributed by atoms with Crippen LogP contribution in [-0.4, -0.2) is 46.9 Å². The lowest BCUT2D eigenvalue weighted by atomic mass is 10.1. The van der Waals surface area contributed by atoms with Gasteiger partial charge in [0.15, 0.2) is 0 Å². The monoisotopic (exact) mass is 370 g/mol. The number of hydrogen-bond acceptors (Lipinski definition) is 6. The van der Waals surface area contributed by atoms with E-state index in [9.17, 15) is 9.90 Å². The van der Waals surface area contributed by atoms with Gasteiger partial charge in [0.25, 0.3) is 0 Å². The first kappa shape index (κ1) is 18.9. The van der Waals surface area contributed by atoms with Crippen molar-refractivity contribution in [3.8, 4) is 17.0 Å². The highest BCUT2D eigenvalue weighted by Gasteiger charge is 2.22. The smallest absolute Gasteiger partial charge is 0.407 e. The molecule has 1 aromatic heterocycles. The number of aromatic hydroxyl groups is 1. The Morgan fingerprint density at radius 1 is 1.30 bits per heavy atom. The molecular formula is C20H26N4O3. The van der Waals surface area contributed by atoms with Gasteiger partial charge in [0.2, 0.25) is 0 Å². The number of amides is 1. The first-order valence-electron chi connectivity index (χ1n) is 9.31. The van der Waals surface area contributed by atoms with Crippen molar-refractivity contribution in [1.82, 2.24) is 15.3 Å². The zero-order chi connectivity index (χ0) is 19.2. The number of carbonyl (C=O) groups is 1. The summed E-state index contributed by atoms with van der Waals surface area (Å²) in [7, 11) is 0. The lowest BCUT2D eigenvalue weighted by molar-refractivity contribution is 0.128. The van der Waals surface area contributed by atoms with E-state index in [1.807, 2.05) is 26.0 Å². The highest BCUT2D eigenvalue weighted by Crippen LogP contribution is 2.28. The average Bonchev–Trinajstić information content (AvgIpc) is 2.67. The summed E-state index contributed by atoms with van der Waals surface area (Å²) in [6, 6.07) is 7.20. The van der Waals surface area contributed by atoms with E-state index < -0.39 is 0 Å². The molecule has 1 saturated heterocycles. The van der Waals surface area contributed by atoms with Crippen molar-refractivity contribution in [3.05, 3.63) is 36.7 Å². The summed E-state index contributed by atoms with van der Waals surface area (Å²) in [5.74, 6) is 1.29. The number of phenolic OH excluding ortho intramolecular Hbond substituents is 1. The van der Waals surface area contributed by atoms with E-state index >= 15 is 0 Å². The Hall–Kier alpha value is -2.83. The minimum atomic E-state index is -0.344. The number of benzene rings is 1. The fourth-order valence-electron chi connectivity index (χ4n) is 3.03. The lowest BCUT2D eigenvalue weighted by Gasteiger charge is -2.32. The normalized spacial score (nSPS) is 15.0. The van der Waals surface area contributed by atoms with E-state index in [1.54, 1.807) is 24.5 Å². The van der Waals surface area contributed by atoms with Crippen LogP contribution < -0.4 is 10.2 Å². The number of piperidine rings is 1. The van der Waals surface area contributed by atoms with Gasteiger partial charge in [-0.15, -0.1) is 0 Å². The molecular weight excluding hydrogens is 344 g/mol. The summed E-state index contributed by atoms with van der Waals surface area (Å²) < 4.78 is 5.18. The number of hydrogen-bond donors (Lipinski definition) is 2. The van der Waals surface area contributed by atoms with E-state index in [0.717, 1.165) is 31.7 Å². The second-order valence-electron chi connectivity index (χ2n) is 7.18. The second kappa shape index (κ2) is 8.70. The molecule has 0 aliphatic carbocycles. The minimum Gasteiger partial charge on any atom is -0.507 e. The van der Waals surface area contributed by atoms with Crippen molar-refractivity contribution < 1.29 is 14.6 Å². The van der Waals surface area contributed by atoms with Crippen LogP contribution in [0.1, 0.15) is 26.7 Å². The van der Waals surface area contributed by atoms with E-state index in [0.29, 0.717) is 23.8 Å². The topological polar surface area (TPSA) is 87.6 Å². The van der Waals surface area contributed by atoms with Gasteiger partial charge in [-0.05, 0) is 30.9 Å². The molecule has 0 saturated carbocycles. The maximum Gasteiger partial charge on any atom is 0.407 e. The molecule has 0 bridgehead atoms. The van der Waals surface area contributed by atoms with Crippen molar-refractivity contribution in [2.75, 3.05) is 24.6 Å². The van der Waals surface area contributed by atoms with Crippen LogP contribution in [0.25, 0.3) is 11.3 Å². The van der Waals surface area contributed by atoms with Crippen molar-refractivity contribution >= 4 is 11.9 Å². The first-order chi connectivity index (χ1) is 13.0. The van der Waals surface area contributed by atoms with Crippen LogP contribution in [0.15, 0.2) is 36.7 Å². The molecule has 3 rings (SSSR count). The van der Waals surface area contributed by atoms with Gasteiger partial charge in [-0.3, -0.25) is 4.98 Å². The molecule has 0 radical (unpaired) electrons. The highest BCUT2D eigenvalue weighted by molar-refractivity contribution is 5.68. The Bertz CT molecular complexity index is 773. The highest BCUT2D eigenvalue weighted by atomic mass is 16.5. The van der Waals surface area contributed by atoms with Crippen LogP contribution in [0.3, 0.4) is 0 Å². The van der Waals surface area contributed by atoms with Gasteiger partial charge in [-0.1, -0.05) is 26.0 Å². The Balaban J connectivity index is 1.58. The predicted octanol–water partition coefficient (Wildman–Crippen LogP) is 3.20. The number of para-hydroxylation sites is 1. The van der Waals surface area contributed by atoms with Gasteiger partial charge in [-0.25, -0.2) is 9.78 Å². The number of phenols is 1. The molecule has 0 unspecified atom stereocenters. The van der Waals surface area contributed by atoms with Crippen LogP contribution >= 0.6 is 0 Å². The number of anilines is 1. The van der Waals surface area contributed by atoms with Crippen LogP contribution in [0, 0.1) is 5.92 Å². The first-order valence-corrected chi connectivity index (χ1v) is 9.31. The van der Waals surface area contributed by atoms with Crippen molar-refractivity contribution in [2.45, 2.75) is 32.7 Å². The van der Waals surface area contributed by atoms with Crippen molar-refractivity contribution in [2.24, 2.45) is 5.92 Å². The molecule has 27 heavy (non-hydrogen) atoms. The minimum absolute atomic E-state index is 0.107. The molecule has 0 spiro atoms. The Labute approximate surface area is 159 Å². The maximum atomic E-state index is 11.8. The Kier molecular flexibility index (Phi) is 6.11. The molecule has 7 nitrogen and oxygen atoms in total. The van der Waals surface area contributed by atoms with Gasteiger partial charge < -0.3 is 20.1 Å². The molecule has 1 amide bonds. The van der Waals surface area contributed by atoms with Gasteiger partial charge in [0.1, 0.15) is 11.6 Å². The van der Waals surface area contributed by atoms with Gasteiger partial charge in [-0.2, -0.15) is 0 Å². The molecule has 7 heteroatoms. The van der Waals surface area contributed by atoms with Crippen LogP contribution in [-0.2, 0) is 4.74 Å². The third kappa shape index (κ3) is 5.09. The van der Waals surface area contributed by atoms with Crippen LogP contribution in [0.2, 0.25) is 0 Å². The van der Waals surface area contributed by atoms with Gasteiger partial charge in [0, 0.05) is 24.7 Å². The van der Waals surface area contributed by atoms with E-state index in [2.05, 4.69) is 20.2 Å².